The Kier molecular flexibility index (Phi) is 6.39. The van der Waals surface area contributed by atoms with Crippen LogP contribution in [0.3, 0.4) is 0 Å². The number of Topliss-reactive ketones (excluding diaryl/α,β-unsaturated/α-hetero) is 1. The fourth-order valence-electron chi connectivity index (χ4n) is 3.32. The number of aryl methyl sites for hydroxylation is 4. The Morgan fingerprint density at radius 2 is 1.70 bits per heavy atom. The van der Waals surface area contributed by atoms with E-state index < -0.39 is 12.6 Å². The lowest BCUT2D eigenvalue weighted by molar-refractivity contribution is -0.139. The third kappa shape index (κ3) is 4.79. The molecule has 4 nitrogen and oxygen atoms in total. The van der Waals surface area contributed by atoms with Gasteiger partial charge in [0.05, 0.1) is 0 Å². The van der Waals surface area contributed by atoms with Gasteiger partial charge in [-0.1, -0.05) is 18.1 Å². The van der Waals surface area contributed by atoms with Gasteiger partial charge in [0, 0.05) is 16.0 Å². The summed E-state index contributed by atoms with van der Waals surface area (Å²) in [6, 6.07) is 11.6. The Balaban J connectivity index is 1.89. The Labute approximate surface area is 180 Å². The molecule has 0 unspecified atom stereocenters. The summed E-state index contributed by atoms with van der Waals surface area (Å²) in [7, 11) is 0. The van der Waals surface area contributed by atoms with Gasteiger partial charge < -0.3 is 9.84 Å². The lowest BCUT2D eigenvalue weighted by atomic mass is 9.98. The number of carboxylic acid groups (broad SMARTS) is 1. The number of hydrogen-bond donors (Lipinski definition) is 1. The highest BCUT2D eigenvalue weighted by Crippen LogP contribution is 2.30. The second kappa shape index (κ2) is 8.98. The van der Waals surface area contributed by atoms with Gasteiger partial charge in [-0.05, 0) is 91.1 Å². The molecule has 0 atom stereocenters. The summed E-state index contributed by atoms with van der Waals surface area (Å²) in [5.41, 5.74) is 6.02. The number of carbonyl (C=O) groups is 2. The average molecular weight is 419 g/mol. The van der Waals surface area contributed by atoms with Crippen molar-refractivity contribution < 1.29 is 19.4 Å². The van der Waals surface area contributed by atoms with E-state index in [1.807, 2.05) is 24.4 Å². The molecule has 0 aliphatic rings. The van der Waals surface area contributed by atoms with Crippen molar-refractivity contribution in [2.24, 2.45) is 0 Å². The van der Waals surface area contributed by atoms with Crippen molar-refractivity contribution in [1.29, 1.82) is 0 Å². The maximum Gasteiger partial charge on any atom is 0.341 e. The molecular formula is C25H22O4S. The van der Waals surface area contributed by atoms with Crippen molar-refractivity contribution in [3.05, 3.63) is 75.2 Å². The Morgan fingerprint density at radius 3 is 2.30 bits per heavy atom. The van der Waals surface area contributed by atoms with Crippen LogP contribution in [0.4, 0.5) is 0 Å². The molecule has 5 heteroatoms. The van der Waals surface area contributed by atoms with Gasteiger partial charge in [0.2, 0.25) is 5.78 Å². The zero-order valence-electron chi connectivity index (χ0n) is 17.3. The van der Waals surface area contributed by atoms with Gasteiger partial charge in [-0.25, -0.2) is 4.79 Å². The molecule has 0 radical (unpaired) electrons. The first-order chi connectivity index (χ1) is 14.3. The molecule has 0 bridgehead atoms. The van der Waals surface area contributed by atoms with Crippen LogP contribution in [0, 0.1) is 39.5 Å². The third-order valence-electron chi connectivity index (χ3n) is 4.73. The van der Waals surface area contributed by atoms with E-state index in [0.29, 0.717) is 22.4 Å². The van der Waals surface area contributed by atoms with Crippen LogP contribution >= 0.6 is 11.3 Å². The number of benzene rings is 2. The zero-order valence-corrected chi connectivity index (χ0v) is 18.1. The van der Waals surface area contributed by atoms with E-state index in [4.69, 9.17) is 9.84 Å². The van der Waals surface area contributed by atoms with Gasteiger partial charge in [-0.2, -0.15) is 0 Å². The predicted octanol–water partition coefficient (Wildman–Crippen LogP) is 5.35. The third-order valence-corrected chi connectivity index (χ3v) is 5.63. The Hall–Kier alpha value is -3.36. The lowest BCUT2D eigenvalue weighted by Gasteiger charge is -2.11. The second-order valence-electron chi connectivity index (χ2n) is 7.16. The van der Waals surface area contributed by atoms with Gasteiger partial charge >= 0.3 is 5.97 Å². The van der Waals surface area contributed by atoms with E-state index >= 15 is 0 Å². The summed E-state index contributed by atoms with van der Waals surface area (Å²) >= 11 is 1.67. The van der Waals surface area contributed by atoms with Crippen LogP contribution in [-0.4, -0.2) is 23.5 Å². The van der Waals surface area contributed by atoms with Gasteiger partial charge in [-0.3, -0.25) is 4.79 Å². The summed E-state index contributed by atoms with van der Waals surface area (Å²) in [5.74, 6) is 4.93. The molecule has 2 aromatic carbocycles. The van der Waals surface area contributed by atoms with Crippen molar-refractivity contribution in [1.82, 2.24) is 0 Å². The van der Waals surface area contributed by atoms with E-state index in [-0.39, 0.29) is 5.78 Å². The van der Waals surface area contributed by atoms with Gasteiger partial charge in [0.25, 0.3) is 0 Å². The molecule has 1 N–H and O–H groups in total. The molecule has 0 fully saturated rings. The molecule has 1 aromatic heterocycles. The van der Waals surface area contributed by atoms with E-state index in [1.165, 1.54) is 10.4 Å². The average Bonchev–Trinajstić information content (AvgIpc) is 3.20. The van der Waals surface area contributed by atoms with Gasteiger partial charge in [-0.15, -0.1) is 11.3 Å². The first-order valence-electron chi connectivity index (χ1n) is 9.43. The highest BCUT2D eigenvalue weighted by atomic mass is 32.1. The number of thiophene rings is 1. The van der Waals surface area contributed by atoms with Crippen molar-refractivity contribution >= 4 is 23.1 Å². The fraction of sp³-hybridized carbons (Fsp3) is 0.200. The minimum atomic E-state index is -1.05. The minimum absolute atomic E-state index is 0.288. The quantitative estimate of drug-likeness (QED) is 0.448. The monoisotopic (exact) mass is 418 g/mol. The maximum absolute atomic E-state index is 12.7. The van der Waals surface area contributed by atoms with Crippen LogP contribution in [-0.2, 0) is 4.79 Å². The summed E-state index contributed by atoms with van der Waals surface area (Å²) in [6.45, 7) is 7.21. The molecule has 0 saturated carbocycles. The summed E-state index contributed by atoms with van der Waals surface area (Å²) in [4.78, 5) is 24.6. The molecule has 1 heterocycles. The largest absolute Gasteiger partial charge is 0.481 e. The number of carboxylic acids is 1. The van der Waals surface area contributed by atoms with Crippen LogP contribution < -0.4 is 4.74 Å². The standard InChI is InChI=1S/C25H22O4S/c1-15-10-16(2)21(23-6-5-9-30-23)13-19(15)7-8-22(26)20-11-17(3)25(18(4)12-20)29-14-24(27)28/h5-6,9-13H,14H2,1-4H3,(H,27,28). The summed E-state index contributed by atoms with van der Waals surface area (Å²) in [5, 5.41) is 10.8. The van der Waals surface area contributed by atoms with Crippen molar-refractivity contribution in [3.63, 3.8) is 0 Å². The molecule has 3 rings (SSSR count). The Morgan fingerprint density at radius 1 is 1.00 bits per heavy atom. The van der Waals surface area contributed by atoms with Crippen molar-refractivity contribution in [2.75, 3.05) is 6.61 Å². The molecule has 0 spiro atoms. The van der Waals surface area contributed by atoms with Gasteiger partial charge in [0.15, 0.2) is 6.61 Å². The first kappa shape index (κ1) is 21.4. The van der Waals surface area contributed by atoms with E-state index in [0.717, 1.165) is 16.7 Å². The van der Waals surface area contributed by atoms with Crippen molar-refractivity contribution in [3.8, 4) is 28.0 Å². The summed E-state index contributed by atoms with van der Waals surface area (Å²) in [6.07, 6.45) is 0. The van der Waals surface area contributed by atoms with Gasteiger partial charge in [0.1, 0.15) is 5.75 Å². The molecular weight excluding hydrogens is 396 g/mol. The number of ether oxygens (including phenoxy) is 1. The molecule has 30 heavy (non-hydrogen) atoms. The van der Waals surface area contributed by atoms with Crippen LogP contribution in [0.15, 0.2) is 41.8 Å². The Bertz CT molecular complexity index is 1150. The number of rotatable bonds is 5. The number of ketones is 1. The number of aliphatic carboxylic acids is 1. The molecule has 0 saturated heterocycles. The minimum Gasteiger partial charge on any atom is -0.481 e. The number of carbonyl (C=O) groups excluding carboxylic acids is 1. The topological polar surface area (TPSA) is 63.6 Å². The molecule has 0 aliphatic heterocycles. The second-order valence-corrected chi connectivity index (χ2v) is 8.11. The maximum atomic E-state index is 12.7. The van der Waals surface area contributed by atoms with E-state index in [9.17, 15) is 9.59 Å². The smallest absolute Gasteiger partial charge is 0.341 e. The fourth-order valence-corrected chi connectivity index (χ4v) is 4.13. The highest BCUT2D eigenvalue weighted by Gasteiger charge is 2.12. The predicted molar refractivity (Wildman–Crippen MR) is 119 cm³/mol. The normalized spacial score (nSPS) is 10.3. The zero-order chi connectivity index (χ0) is 21.8. The molecule has 0 aliphatic carbocycles. The van der Waals surface area contributed by atoms with Crippen LogP contribution in [0.1, 0.15) is 38.2 Å². The molecule has 152 valence electrons. The SMILES string of the molecule is Cc1cc(C)c(-c2cccs2)cc1C#CC(=O)c1cc(C)c(OCC(=O)O)c(C)c1. The highest BCUT2D eigenvalue weighted by molar-refractivity contribution is 7.13. The van der Waals surface area contributed by atoms with E-state index in [1.54, 1.807) is 37.3 Å². The summed E-state index contributed by atoms with van der Waals surface area (Å²) < 4.78 is 5.32. The molecule has 3 aromatic rings. The van der Waals surface area contributed by atoms with Crippen LogP contribution in [0.2, 0.25) is 0 Å². The van der Waals surface area contributed by atoms with Crippen molar-refractivity contribution in [2.45, 2.75) is 27.7 Å². The number of hydrogen-bond acceptors (Lipinski definition) is 4. The van der Waals surface area contributed by atoms with Crippen LogP contribution in [0.25, 0.3) is 10.4 Å². The first-order valence-corrected chi connectivity index (χ1v) is 10.3. The molecule has 0 amide bonds. The van der Waals surface area contributed by atoms with E-state index in [2.05, 4.69) is 30.9 Å². The van der Waals surface area contributed by atoms with Crippen LogP contribution in [0.5, 0.6) is 5.75 Å². The lowest BCUT2D eigenvalue weighted by Crippen LogP contribution is -2.11.